The first-order valence-corrected chi connectivity index (χ1v) is 8.49. The number of hydrogen-bond donors (Lipinski definition) is 2. The average molecular weight is 371 g/mol. The van der Waals surface area contributed by atoms with Crippen LogP contribution in [0.25, 0.3) is 16.8 Å². The highest BCUT2D eigenvalue weighted by atomic mass is 16.5. The molecule has 6 heteroatoms. The Morgan fingerprint density at radius 2 is 1.75 bits per heavy atom. The van der Waals surface area contributed by atoms with E-state index < -0.39 is 11.9 Å². The maximum absolute atomic E-state index is 11.9. The van der Waals surface area contributed by atoms with Gasteiger partial charge in [0.05, 0.1) is 0 Å². The molecule has 0 aliphatic heterocycles. The minimum absolute atomic E-state index is 0.249. The number of nitrogens with two attached hydrogens (primary N) is 1. The van der Waals surface area contributed by atoms with Crippen LogP contribution in [0.2, 0.25) is 0 Å². The predicted octanol–water partition coefficient (Wildman–Crippen LogP) is 3.52. The molecule has 0 aliphatic carbocycles. The second kappa shape index (κ2) is 8.52. The molecule has 3 aromatic carbocycles. The number of nitrogens with zero attached hydrogens (tertiary/aromatic N) is 1. The zero-order valence-corrected chi connectivity index (χ0v) is 14.9. The molecule has 3 amide bonds. The molecular weight excluding hydrogens is 354 g/mol. The molecule has 0 saturated carbocycles. The van der Waals surface area contributed by atoms with Gasteiger partial charge in [-0.3, -0.25) is 10.1 Å². The Morgan fingerprint density at radius 1 is 1.04 bits per heavy atom. The summed E-state index contributed by atoms with van der Waals surface area (Å²) in [6, 6.07) is 21.9. The summed E-state index contributed by atoms with van der Waals surface area (Å²) in [6.07, 6.45) is 1.36. The van der Waals surface area contributed by atoms with E-state index in [4.69, 9.17) is 10.5 Å². The summed E-state index contributed by atoms with van der Waals surface area (Å²) in [7, 11) is 0. The normalized spacial score (nSPS) is 10.9. The number of benzene rings is 3. The van der Waals surface area contributed by atoms with Crippen LogP contribution < -0.4 is 15.8 Å². The first-order valence-electron chi connectivity index (χ1n) is 8.49. The lowest BCUT2D eigenvalue weighted by molar-refractivity contribution is -0.115. The maximum atomic E-state index is 11.9. The minimum Gasteiger partial charge on any atom is -0.488 e. The fourth-order valence-electron chi connectivity index (χ4n) is 2.70. The SMILES string of the molecule is N#C/C(=C/c1ccccc1OCc1ccc2ccccc2c1)C(=O)NC(N)=O. The van der Waals surface area contributed by atoms with Crippen LogP contribution in [0, 0.1) is 11.3 Å². The number of carbonyl (C=O) groups is 2. The molecule has 0 atom stereocenters. The van der Waals surface area contributed by atoms with Gasteiger partial charge >= 0.3 is 6.03 Å². The third-order valence-electron chi connectivity index (χ3n) is 4.03. The molecular formula is C22H17N3O3. The van der Waals surface area contributed by atoms with Crippen molar-refractivity contribution in [2.45, 2.75) is 6.61 Å². The van der Waals surface area contributed by atoms with Gasteiger partial charge in [0.25, 0.3) is 5.91 Å². The van der Waals surface area contributed by atoms with Gasteiger partial charge in [-0.15, -0.1) is 0 Å². The third kappa shape index (κ3) is 4.54. The van der Waals surface area contributed by atoms with Crippen LogP contribution in [-0.4, -0.2) is 11.9 Å². The van der Waals surface area contributed by atoms with E-state index in [1.807, 2.05) is 41.7 Å². The zero-order chi connectivity index (χ0) is 19.9. The number of hydrogen-bond acceptors (Lipinski definition) is 4. The molecule has 0 saturated heterocycles. The molecule has 0 radical (unpaired) electrons. The lowest BCUT2D eigenvalue weighted by atomic mass is 10.1. The molecule has 0 aromatic heterocycles. The van der Waals surface area contributed by atoms with Crippen LogP contribution >= 0.6 is 0 Å². The van der Waals surface area contributed by atoms with E-state index >= 15 is 0 Å². The largest absolute Gasteiger partial charge is 0.488 e. The Balaban J connectivity index is 1.81. The first kappa shape index (κ1) is 18.7. The van der Waals surface area contributed by atoms with E-state index in [1.165, 1.54) is 6.08 Å². The molecule has 0 fully saturated rings. The summed E-state index contributed by atoms with van der Waals surface area (Å²) in [5, 5.41) is 13.3. The van der Waals surface area contributed by atoms with Gasteiger partial charge < -0.3 is 10.5 Å². The highest BCUT2D eigenvalue weighted by Gasteiger charge is 2.12. The summed E-state index contributed by atoms with van der Waals surface area (Å²) in [4.78, 5) is 22.7. The summed E-state index contributed by atoms with van der Waals surface area (Å²) in [6.45, 7) is 0.324. The van der Waals surface area contributed by atoms with E-state index in [-0.39, 0.29) is 5.57 Å². The Morgan fingerprint density at radius 3 is 2.50 bits per heavy atom. The van der Waals surface area contributed by atoms with Crippen molar-refractivity contribution in [3.05, 3.63) is 83.4 Å². The number of urea groups is 1. The topological polar surface area (TPSA) is 105 Å². The van der Waals surface area contributed by atoms with Crippen LogP contribution in [0.3, 0.4) is 0 Å². The molecule has 0 unspecified atom stereocenters. The summed E-state index contributed by atoms with van der Waals surface area (Å²) < 4.78 is 5.90. The second-order valence-electron chi connectivity index (χ2n) is 6.00. The number of carbonyl (C=O) groups excluding carboxylic acids is 2. The lowest BCUT2D eigenvalue weighted by Crippen LogP contribution is -2.35. The molecule has 3 aromatic rings. The van der Waals surface area contributed by atoms with Gasteiger partial charge in [0.2, 0.25) is 0 Å². The Hall–Kier alpha value is -4.11. The molecule has 138 valence electrons. The van der Waals surface area contributed by atoms with Gasteiger partial charge in [-0.25, -0.2) is 4.79 Å². The van der Waals surface area contributed by atoms with Crippen molar-refractivity contribution in [2.24, 2.45) is 5.73 Å². The lowest BCUT2D eigenvalue weighted by Gasteiger charge is -2.10. The molecule has 28 heavy (non-hydrogen) atoms. The Bertz CT molecular complexity index is 1110. The van der Waals surface area contributed by atoms with Gasteiger partial charge in [0.15, 0.2) is 0 Å². The zero-order valence-electron chi connectivity index (χ0n) is 14.9. The summed E-state index contributed by atoms with van der Waals surface area (Å²) >= 11 is 0. The Kier molecular flexibility index (Phi) is 5.68. The standard InChI is InChI=1S/C22H17N3O3/c23-13-19(21(26)25-22(24)27)12-18-7-3-4-8-20(18)28-14-15-9-10-16-5-1-2-6-17(16)11-15/h1-12H,14H2,(H3,24,25,26,27)/b19-12-. The van der Waals surface area contributed by atoms with Crippen molar-refractivity contribution in [1.82, 2.24) is 5.32 Å². The number of rotatable bonds is 5. The van der Waals surface area contributed by atoms with Gasteiger partial charge in [0, 0.05) is 5.56 Å². The third-order valence-corrected chi connectivity index (χ3v) is 4.03. The fraction of sp³-hybridized carbons (Fsp3) is 0.0455. The van der Waals surface area contributed by atoms with E-state index in [1.54, 1.807) is 30.3 Å². The number of nitrogens with one attached hydrogen (secondary N) is 1. The molecule has 3 N–H and O–H groups in total. The number of ether oxygens (including phenoxy) is 1. The molecule has 3 rings (SSSR count). The van der Waals surface area contributed by atoms with E-state index in [0.29, 0.717) is 17.9 Å². The quantitative estimate of drug-likeness (QED) is 0.529. The molecule has 0 heterocycles. The maximum Gasteiger partial charge on any atom is 0.319 e. The number of fused-ring (bicyclic) bond motifs is 1. The highest BCUT2D eigenvalue weighted by Crippen LogP contribution is 2.23. The molecule has 0 spiro atoms. The summed E-state index contributed by atoms with van der Waals surface area (Å²) in [5.41, 5.74) is 6.21. The van der Waals surface area contributed by atoms with Crippen molar-refractivity contribution in [3.8, 4) is 11.8 Å². The van der Waals surface area contributed by atoms with Crippen molar-refractivity contribution < 1.29 is 14.3 Å². The van der Waals surface area contributed by atoms with E-state index in [0.717, 1.165) is 16.3 Å². The van der Waals surface area contributed by atoms with Gasteiger partial charge in [-0.2, -0.15) is 5.26 Å². The number of nitriles is 1. The van der Waals surface area contributed by atoms with Crippen LogP contribution in [-0.2, 0) is 11.4 Å². The molecule has 6 nitrogen and oxygen atoms in total. The van der Waals surface area contributed by atoms with Crippen LogP contribution in [0.4, 0.5) is 4.79 Å². The van der Waals surface area contributed by atoms with Crippen molar-refractivity contribution in [3.63, 3.8) is 0 Å². The highest BCUT2D eigenvalue weighted by molar-refractivity contribution is 6.08. The first-order chi connectivity index (χ1) is 13.6. The molecule has 0 aliphatic rings. The van der Waals surface area contributed by atoms with E-state index in [9.17, 15) is 14.9 Å². The van der Waals surface area contributed by atoms with Crippen molar-refractivity contribution in [2.75, 3.05) is 0 Å². The minimum atomic E-state index is -1.02. The molecule has 0 bridgehead atoms. The number of primary amides is 1. The number of imide groups is 1. The smallest absolute Gasteiger partial charge is 0.319 e. The number of para-hydroxylation sites is 1. The number of amides is 3. The monoisotopic (exact) mass is 371 g/mol. The van der Waals surface area contributed by atoms with Gasteiger partial charge in [-0.1, -0.05) is 54.6 Å². The van der Waals surface area contributed by atoms with E-state index in [2.05, 4.69) is 6.07 Å². The van der Waals surface area contributed by atoms with Crippen LogP contribution in [0.15, 0.2) is 72.3 Å². The second-order valence-corrected chi connectivity index (χ2v) is 6.00. The van der Waals surface area contributed by atoms with Crippen molar-refractivity contribution >= 4 is 28.8 Å². The van der Waals surface area contributed by atoms with Crippen LogP contribution in [0.1, 0.15) is 11.1 Å². The van der Waals surface area contributed by atoms with Gasteiger partial charge in [-0.05, 0) is 34.5 Å². The summed E-state index contributed by atoms with van der Waals surface area (Å²) in [5.74, 6) is -0.352. The van der Waals surface area contributed by atoms with Gasteiger partial charge in [0.1, 0.15) is 24.0 Å². The average Bonchev–Trinajstić information content (AvgIpc) is 2.70. The van der Waals surface area contributed by atoms with Crippen molar-refractivity contribution in [1.29, 1.82) is 5.26 Å². The predicted molar refractivity (Wildman–Crippen MR) is 106 cm³/mol. The Labute approximate surface area is 161 Å². The van der Waals surface area contributed by atoms with Crippen LogP contribution in [0.5, 0.6) is 5.75 Å². The fourth-order valence-corrected chi connectivity index (χ4v) is 2.70.